The molecule has 0 fully saturated rings. The molecule has 1 rings (SSSR count). The highest BCUT2D eigenvalue weighted by Crippen LogP contribution is 2.40. The molecule has 124 valence electrons. The zero-order chi connectivity index (χ0) is 17.1. The van der Waals surface area contributed by atoms with E-state index in [1.807, 2.05) is 31.2 Å². The minimum absolute atomic E-state index is 0.0288. The Morgan fingerprint density at radius 2 is 1.86 bits per heavy atom. The number of rotatable bonds is 5. The minimum atomic E-state index is -2.09. The van der Waals surface area contributed by atoms with Crippen LogP contribution in [0.1, 0.15) is 38.0 Å². The van der Waals surface area contributed by atoms with Gasteiger partial charge in [-0.25, -0.2) is 5.06 Å². The molecule has 1 amide bonds. The maximum absolute atomic E-state index is 12.7. The van der Waals surface area contributed by atoms with Crippen molar-refractivity contribution >= 4 is 14.2 Å². The van der Waals surface area contributed by atoms with E-state index in [1.165, 1.54) is 12.2 Å². The van der Waals surface area contributed by atoms with E-state index in [4.69, 9.17) is 9.26 Å². The van der Waals surface area contributed by atoms with Crippen LogP contribution >= 0.6 is 0 Å². The van der Waals surface area contributed by atoms with Crippen molar-refractivity contribution in [1.82, 2.24) is 5.06 Å². The summed E-state index contributed by atoms with van der Waals surface area (Å²) < 4.78 is 6.40. The molecule has 0 aliphatic heterocycles. The maximum Gasteiger partial charge on any atom is 0.278 e. The summed E-state index contributed by atoms with van der Waals surface area (Å²) in [6.07, 6.45) is -0.634. The van der Waals surface area contributed by atoms with Crippen LogP contribution in [0.2, 0.25) is 18.1 Å². The number of carbonyl (C=O) groups is 1. The van der Waals surface area contributed by atoms with Crippen LogP contribution in [0, 0.1) is 6.92 Å². The molecule has 0 aromatic heterocycles. The van der Waals surface area contributed by atoms with Crippen LogP contribution in [0.4, 0.5) is 0 Å². The van der Waals surface area contributed by atoms with Crippen molar-refractivity contribution in [3.05, 3.63) is 35.4 Å². The zero-order valence-corrected chi connectivity index (χ0v) is 16.1. The lowest BCUT2D eigenvalue weighted by molar-refractivity contribution is -0.177. The normalized spacial score (nSPS) is 13.8. The second-order valence-electron chi connectivity index (χ2n) is 7.19. The van der Waals surface area contributed by atoms with E-state index in [0.29, 0.717) is 0 Å². The minimum Gasteiger partial charge on any atom is -0.401 e. The highest BCUT2D eigenvalue weighted by Gasteiger charge is 2.41. The number of amides is 1. The van der Waals surface area contributed by atoms with Gasteiger partial charge in [-0.15, -0.1) is 0 Å². The van der Waals surface area contributed by atoms with Crippen LogP contribution in [-0.4, -0.2) is 33.4 Å². The summed E-state index contributed by atoms with van der Waals surface area (Å²) in [6, 6.07) is 7.90. The lowest BCUT2D eigenvalue weighted by Gasteiger charge is -2.39. The molecule has 0 aliphatic rings. The van der Waals surface area contributed by atoms with Crippen LogP contribution in [0.25, 0.3) is 0 Å². The molecular weight excluding hydrogens is 294 g/mol. The van der Waals surface area contributed by atoms with Gasteiger partial charge in [-0.3, -0.25) is 9.63 Å². The van der Waals surface area contributed by atoms with E-state index in [1.54, 1.807) is 7.05 Å². The van der Waals surface area contributed by atoms with Gasteiger partial charge in [0, 0.05) is 7.05 Å². The van der Waals surface area contributed by atoms with Gasteiger partial charge in [-0.2, -0.15) is 0 Å². The average molecular weight is 324 g/mol. The molecule has 4 nitrogen and oxygen atoms in total. The van der Waals surface area contributed by atoms with E-state index in [2.05, 4.69) is 33.9 Å². The molecule has 0 saturated carbocycles. The van der Waals surface area contributed by atoms with Crippen LogP contribution < -0.4 is 0 Å². The Hall–Kier alpha value is -1.17. The van der Waals surface area contributed by atoms with Gasteiger partial charge in [0.25, 0.3) is 5.91 Å². The Labute approximate surface area is 135 Å². The van der Waals surface area contributed by atoms with Gasteiger partial charge in [0.05, 0.1) is 7.11 Å². The van der Waals surface area contributed by atoms with Crippen molar-refractivity contribution < 1.29 is 14.1 Å². The predicted octanol–water partition coefficient (Wildman–Crippen LogP) is 4.08. The van der Waals surface area contributed by atoms with Gasteiger partial charge in [-0.1, -0.05) is 50.6 Å². The molecule has 0 radical (unpaired) electrons. The van der Waals surface area contributed by atoms with Crippen molar-refractivity contribution in [2.45, 2.75) is 51.9 Å². The molecule has 1 aromatic carbocycles. The summed E-state index contributed by atoms with van der Waals surface area (Å²) in [5, 5.41) is 1.27. The first-order valence-electron chi connectivity index (χ1n) is 7.55. The predicted molar refractivity (Wildman–Crippen MR) is 92.0 cm³/mol. The van der Waals surface area contributed by atoms with E-state index in [0.717, 1.165) is 11.1 Å². The third-order valence-corrected chi connectivity index (χ3v) is 8.81. The molecule has 0 N–H and O–H groups in total. The molecule has 0 bridgehead atoms. The molecule has 0 saturated heterocycles. The second kappa shape index (κ2) is 6.94. The SMILES string of the molecule is CON(C)C(=O)C(O[Si](C)(C)C(C)(C)C)c1cccc(C)c1. The quantitative estimate of drug-likeness (QED) is 0.605. The fourth-order valence-electron chi connectivity index (χ4n) is 1.82. The smallest absolute Gasteiger partial charge is 0.278 e. The Morgan fingerprint density at radius 1 is 1.27 bits per heavy atom. The first kappa shape index (κ1) is 18.9. The van der Waals surface area contributed by atoms with Crippen molar-refractivity contribution in [1.29, 1.82) is 0 Å². The van der Waals surface area contributed by atoms with Crippen molar-refractivity contribution in [3.8, 4) is 0 Å². The Kier molecular flexibility index (Phi) is 5.95. The standard InChI is InChI=1S/C17H29NO3Si/c1-13-10-9-11-14(12-13)15(16(19)18(5)20-6)21-22(7,8)17(2,3)4/h9-12,15H,1-8H3. The van der Waals surface area contributed by atoms with Crippen LogP contribution in [-0.2, 0) is 14.1 Å². The Bertz CT molecular complexity index is 523. The molecule has 5 heteroatoms. The summed E-state index contributed by atoms with van der Waals surface area (Å²) in [5.74, 6) is -0.182. The largest absolute Gasteiger partial charge is 0.401 e. The Balaban J connectivity index is 3.21. The van der Waals surface area contributed by atoms with Crippen LogP contribution in [0.5, 0.6) is 0 Å². The van der Waals surface area contributed by atoms with E-state index in [9.17, 15) is 4.79 Å². The number of carbonyl (C=O) groups excluding carboxylic acids is 1. The van der Waals surface area contributed by atoms with Crippen molar-refractivity contribution in [3.63, 3.8) is 0 Å². The lowest BCUT2D eigenvalue weighted by atomic mass is 10.1. The summed E-state index contributed by atoms with van der Waals surface area (Å²) in [7, 11) is 1.00. The second-order valence-corrected chi connectivity index (χ2v) is 11.9. The number of hydrogen-bond donors (Lipinski definition) is 0. The fourth-order valence-corrected chi connectivity index (χ4v) is 3.00. The number of hydroxylamine groups is 2. The van der Waals surface area contributed by atoms with Gasteiger partial charge in [0.2, 0.25) is 0 Å². The van der Waals surface area contributed by atoms with Gasteiger partial charge in [0.1, 0.15) is 0 Å². The summed E-state index contributed by atoms with van der Waals surface area (Å²) in [5.41, 5.74) is 1.98. The number of benzene rings is 1. The van der Waals surface area contributed by atoms with E-state index < -0.39 is 14.4 Å². The van der Waals surface area contributed by atoms with Crippen LogP contribution in [0.15, 0.2) is 24.3 Å². The number of hydrogen-bond acceptors (Lipinski definition) is 3. The van der Waals surface area contributed by atoms with E-state index in [-0.39, 0.29) is 10.9 Å². The molecule has 22 heavy (non-hydrogen) atoms. The summed E-state index contributed by atoms with van der Waals surface area (Å²) in [6.45, 7) is 12.8. The third kappa shape index (κ3) is 4.41. The maximum atomic E-state index is 12.7. The van der Waals surface area contributed by atoms with Gasteiger partial charge < -0.3 is 4.43 Å². The fraction of sp³-hybridized carbons (Fsp3) is 0.588. The van der Waals surface area contributed by atoms with E-state index >= 15 is 0 Å². The van der Waals surface area contributed by atoms with Crippen LogP contribution in [0.3, 0.4) is 0 Å². The monoisotopic (exact) mass is 323 g/mol. The molecular formula is C17H29NO3Si. The molecule has 1 unspecified atom stereocenters. The van der Waals surface area contributed by atoms with Gasteiger partial charge in [-0.05, 0) is 30.6 Å². The summed E-state index contributed by atoms with van der Waals surface area (Å²) >= 11 is 0. The molecule has 0 heterocycles. The molecule has 1 atom stereocenters. The zero-order valence-electron chi connectivity index (χ0n) is 15.1. The van der Waals surface area contributed by atoms with Crippen molar-refractivity contribution in [2.75, 3.05) is 14.2 Å². The molecule has 1 aromatic rings. The first-order valence-corrected chi connectivity index (χ1v) is 10.5. The Morgan fingerprint density at radius 3 is 2.32 bits per heavy atom. The molecule has 0 spiro atoms. The first-order chi connectivity index (χ1) is 9.99. The van der Waals surface area contributed by atoms with Gasteiger partial charge in [0.15, 0.2) is 14.4 Å². The highest BCUT2D eigenvalue weighted by atomic mass is 28.4. The number of nitrogens with zero attached hydrogens (tertiary/aromatic N) is 1. The average Bonchev–Trinajstić information content (AvgIpc) is 2.42. The van der Waals surface area contributed by atoms with Crippen molar-refractivity contribution in [2.24, 2.45) is 0 Å². The topological polar surface area (TPSA) is 38.8 Å². The number of aryl methyl sites for hydroxylation is 1. The number of likely N-dealkylation sites (N-methyl/N-ethyl adjacent to an activating group) is 1. The highest BCUT2D eigenvalue weighted by molar-refractivity contribution is 6.74. The molecule has 0 aliphatic carbocycles. The summed E-state index contributed by atoms with van der Waals surface area (Å²) in [4.78, 5) is 17.8. The lowest BCUT2D eigenvalue weighted by Crippen LogP contribution is -2.45. The van der Waals surface area contributed by atoms with Gasteiger partial charge >= 0.3 is 0 Å². The third-order valence-electron chi connectivity index (χ3n) is 4.37.